The molecule has 2 heteroatoms. The standard InChI is InChI=1S/C37H29NSi/c1-28-21-23-32(24-22-28)39(30-15-7-3-8-16-30,31-17-9-4-10-18-31)33-25-26-37-35(27-33)34-19-11-12-20-36(34)38(37)29-13-5-2-6-14-29/h2-27H,1H3. The zero-order valence-corrected chi connectivity index (χ0v) is 23.0. The summed E-state index contributed by atoms with van der Waals surface area (Å²) in [6, 6.07) is 58.3. The molecule has 0 aliphatic rings. The third-order valence-electron chi connectivity index (χ3n) is 8.02. The van der Waals surface area contributed by atoms with Crippen LogP contribution in [0.3, 0.4) is 0 Å². The van der Waals surface area contributed by atoms with Crippen LogP contribution in [0.15, 0.2) is 158 Å². The van der Waals surface area contributed by atoms with Gasteiger partial charge in [0.25, 0.3) is 0 Å². The lowest BCUT2D eigenvalue weighted by molar-refractivity contribution is 1.18. The summed E-state index contributed by atoms with van der Waals surface area (Å²) in [4.78, 5) is 0. The number of fused-ring (bicyclic) bond motifs is 3. The molecule has 0 fully saturated rings. The van der Waals surface area contributed by atoms with Crippen molar-refractivity contribution in [3.8, 4) is 5.69 Å². The molecule has 1 heterocycles. The van der Waals surface area contributed by atoms with Crippen LogP contribution in [0.25, 0.3) is 27.5 Å². The quantitative estimate of drug-likeness (QED) is 0.183. The molecule has 0 radical (unpaired) electrons. The van der Waals surface area contributed by atoms with Gasteiger partial charge in [0.15, 0.2) is 8.07 Å². The summed E-state index contributed by atoms with van der Waals surface area (Å²) in [6.45, 7) is 2.17. The van der Waals surface area contributed by atoms with Crippen molar-refractivity contribution in [1.82, 2.24) is 4.57 Å². The zero-order chi connectivity index (χ0) is 26.2. The fraction of sp³-hybridized carbons (Fsp3) is 0.0270. The van der Waals surface area contributed by atoms with E-state index in [1.54, 1.807) is 0 Å². The summed E-state index contributed by atoms with van der Waals surface area (Å²) >= 11 is 0. The van der Waals surface area contributed by atoms with Gasteiger partial charge in [0.1, 0.15) is 0 Å². The summed E-state index contributed by atoms with van der Waals surface area (Å²) in [5.41, 5.74) is 4.94. The van der Waals surface area contributed by atoms with E-state index in [-0.39, 0.29) is 0 Å². The van der Waals surface area contributed by atoms with Crippen molar-refractivity contribution in [2.75, 3.05) is 0 Å². The normalized spacial score (nSPS) is 11.7. The minimum Gasteiger partial charge on any atom is -0.309 e. The monoisotopic (exact) mass is 515 g/mol. The van der Waals surface area contributed by atoms with Crippen molar-refractivity contribution < 1.29 is 0 Å². The van der Waals surface area contributed by atoms with Crippen molar-refractivity contribution in [3.05, 3.63) is 163 Å². The maximum atomic E-state index is 2.49. The molecule has 0 saturated heterocycles. The van der Waals surface area contributed by atoms with Crippen LogP contribution in [-0.2, 0) is 0 Å². The van der Waals surface area contributed by atoms with Crippen molar-refractivity contribution in [1.29, 1.82) is 0 Å². The number of para-hydroxylation sites is 2. The van der Waals surface area contributed by atoms with Crippen LogP contribution in [0.2, 0.25) is 0 Å². The number of rotatable bonds is 5. The molecule has 0 aliphatic heterocycles. The number of hydrogen-bond donors (Lipinski definition) is 0. The lowest BCUT2D eigenvalue weighted by Crippen LogP contribution is -2.74. The Morgan fingerprint density at radius 3 is 1.54 bits per heavy atom. The van der Waals surface area contributed by atoms with Gasteiger partial charge in [-0.3, -0.25) is 0 Å². The average Bonchev–Trinajstić information content (AvgIpc) is 3.34. The van der Waals surface area contributed by atoms with Crippen LogP contribution in [0.1, 0.15) is 5.56 Å². The maximum Gasteiger partial charge on any atom is 0.179 e. The third-order valence-corrected chi connectivity index (χ3v) is 12.8. The van der Waals surface area contributed by atoms with E-state index < -0.39 is 8.07 Å². The van der Waals surface area contributed by atoms with Crippen molar-refractivity contribution in [2.24, 2.45) is 0 Å². The lowest BCUT2D eigenvalue weighted by Gasteiger charge is -2.34. The molecule has 0 bridgehead atoms. The van der Waals surface area contributed by atoms with Crippen LogP contribution in [0, 0.1) is 6.92 Å². The molecule has 0 saturated carbocycles. The van der Waals surface area contributed by atoms with Gasteiger partial charge in [-0.05, 0) is 51.9 Å². The van der Waals surface area contributed by atoms with E-state index in [0.717, 1.165) is 0 Å². The van der Waals surface area contributed by atoms with Crippen LogP contribution < -0.4 is 20.7 Å². The van der Waals surface area contributed by atoms with Crippen LogP contribution >= 0.6 is 0 Å². The summed E-state index contributed by atoms with van der Waals surface area (Å²) in [6.07, 6.45) is 0. The summed E-state index contributed by atoms with van der Waals surface area (Å²) in [5, 5.41) is 8.16. The first-order valence-corrected chi connectivity index (χ1v) is 15.5. The SMILES string of the molecule is Cc1ccc([Si](c2ccccc2)(c2ccccc2)c2ccc3c(c2)c2ccccc2n3-c2ccccc2)cc1. The molecule has 1 aromatic heterocycles. The Hall–Kier alpha value is -4.66. The maximum absolute atomic E-state index is 2.61. The molecule has 0 aliphatic carbocycles. The molecule has 7 rings (SSSR count). The number of aryl methyl sites for hydroxylation is 1. The highest BCUT2D eigenvalue weighted by Gasteiger charge is 2.41. The Labute approximate surface area is 230 Å². The molecule has 0 spiro atoms. The summed E-state index contributed by atoms with van der Waals surface area (Å²) in [5.74, 6) is 0. The van der Waals surface area contributed by atoms with E-state index in [4.69, 9.17) is 0 Å². The van der Waals surface area contributed by atoms with Gasteiger partial charge < -0.3 is 4.57 Å². The van der Waals surface area contributed by atoms with Crippen LogP contribution in [0.4, 0.5) is 0 Å². The molecular formula is C37H29NSi. The van der Waals surface area contributed by atoms with Gasteiger partial charge in [0, 0.05) is 16.5 Å². The predicted molar refractivity (Wildman–Crippen MR) is 169 cm³/mol. The van der Waals surface area contributed by atoms with E-state index in [1.807, 2.05) is 0 Å². The van der Waals surface area contributed by atoms with Gasteiger partial charge in [-0.15, -0.1) is 0 Å². The Kier molecular flexibility index (Phi) is 5.76. The van der Waals surface area contributed by atoms with E-state index in [1.165, 1.54) is 53.8 Å². The number of aromatic nitrogens is 1. The second-order valence-electron chi connectivity index (χ2n) is 10.3. The number of hydrogen-bond acceptors (Lipinski definition) is 0. The second kappa shape index (κ2) is 9.58. The highest BCUT2D eigenvalue weighted by Crippen LogP contribution is 2.31. The smallest absolute Gasteiger partial charge is 0.179 e. The van der Waals surface area contributed by atoms with Gasteiger partial charge in [-0.25, -0.2) is 0 Å². The Morgan fingerprint density at radius 1 is 0.410 bits per heavy atom. The van der Waals surface area contributed by atoms with Gasteiger partial charge >= 0.3 is 0 Å². The molecule has 7 aromatic rings. The van der Waals surface area contributed by atoms with Crippen molar-refractivity contribution in [2.45, 2.75) is 6.92 Å². The van der Waals surface area contributed by atoms with Gasteiger partial charge in [-0.2, -0.15) is 0 Å². The average molecular weight is 516 g/mol. The van der Waals surface area contributed by atoms with Gasteiger partial charge in [0.05, 0.1) is 11.0 Å². The number of nitrogens with zero attached hydrogens (tertiary/aromatic N) is 1. The van der Waals surface area contributed by atoms with Gasteiger partial charge in [-0.1, -0.05) is 139 Å². The van der Waals surface area contributed by atoms with E-state index >= 15 is 0 Å². The summed E-state index contributed by atoms with van der Waals surface area (Å²) < 4.78 is 2.40. The van der Waals surface area contributed by atoms with E-state index in [2.05, 4.69) is 169 Å². The second-order valence-corrected chi connectivity index (χ2v) is 14.1. The Morgan fingerprint density at radius 2 is 0.897 bits per heavy atom. The molecule has 39 heavy (non-hydrogen) atoms. The summed E-state index contributed by atoms with van der Waals surface area (Å²) in [7, 11) is -2.61. The fourth-order valence-corrected chi connectivity index (χ4v) is 11.0. The Bertz CT molecular complexity index is 1850. The number of benzene rings is 6. The minimum atomic E-state index is -2.61. The molecule has 0 atom stereocenters. The fourth-order valence-electron chi connectivity index (χ4n) is 6.24. The largest absolute Gasteiger partial charge is 0.309 e. The first-order valence-electron chi connectivity index (χ1n) is 13.5. The van der Waals surface area contributed by atoms with Gasteiger partial charge in [0.2, 0.25) is 0 Å². The first kappa shape index (κ1) is 23.5. The molecular weight excluding hydrogens is 487 g/mol. The molecule has 0 amide bonds. The highest BCUT2D eigenvalue weighted by molar-refractivity contribution is 7.20. The topological polar surface area (TPSA) is 4.93 Å². The lowest BCUT2D eigenvalue weighted by atomic mass is 10.1. The van der Waals surface area contributed by atoms with Crippen molar-refractivity contribution >= 4 is 50.6 Å². The zero-order valence-electron chi connectivity index (χ0n) is 22.0. The molecule has 0 N–H and O–H groups in total. The third kappa shape index (κ3) is 3.76. The first-order chi connectivity index (χ1) is 19.3. The van der Waals surface area contributed by atoms with Crippen molar-refractivity contribution in [3.63, 3.8) is 0 Å². The highest BCUT2D eigenvalue weighted by atomic mass is 28.3. The van der Waals surface area contributed by atoms with E-state index in [0.29, 0.717) is 0 Å². The van der Waals surface area contributed by atoms with E-state index in [9.17, 15) is 0 Å². The Balaban J connectivity index is 1.61. The minimum absolute atomic E-state index is 1.18. The molecule has 0 unspecified atom stereocenters. The van der Waals surface area contributed by atoms with Crippen LogP contribution in [-0.4, -0.2) is 12.6 Å². The predicted octanol–water partition coefficient (Wildman–Crippen LogP) is 6.47. The molecule has 186 valence electrons. The molecule has 1 nitrogen and oxygen atoms in total. The molecule has 6 aromatic carbocycles. The van der Waals surface area contributed by atoms with Crippen LogP contribution in [0.5, 0.6) is 0 Å².